The summed E-state index contributed by atoms with van der Waals surface area (Å²) in [6.07, 6.45) is -2.76. The van der Waals surface area contributed by atoms with E-state index in [0.717, 1.165) is 0 Å². The maximum Gasteiger partial charge on any atom is 0.419 e. The third-order valence-electron chi connectivity index (χ3n) is 3.46. The van der Waals surface area contributed by atoms with Gasteiger partial charge in [-0.2, -0.15) is 23.7 Å². The van der Waals surface area contributed by atoms with Crippen LogP contribution in [-0.2, 0) is 6.18 Å². The Hall–Kier alpha value is -3.59. The van der Waals surface area contributed by atoms with E-state index in [0.29, 0.717) is 11.6 Å². The van der Waals surface area contributed by atoms with Crippen molar-refractivity contribution in [3.05, 3.63) is 41.2 Å². The van der Waals surface area contributed by atoms with Gasteiger partial charge in [-0.3, -0.25) is 0 Å². The van der Waals surface area contributed by atoms with E-state index in [1.807, 2.05) is 12.1 Å². The van der Waals surface area contributed by atoms with Crippen LogP contribution in [0.5, 0.6) is 0 Å². The molecule has 0 radical (unpaired) electrons. The molecule has 0 spiro atoms. The highest BCUT2D eigenvalue weighted by molar-refractivity contribution is 5.99. The summed E-state index contributed by atoms with van der Waals surface area (Å²) >= 11 is 0. The fraction of sp³-hybridized carbons (Fsp3) is 0.0667. The average Bonchev–Trinajstić information content (AvgIpc) is 2.96. The number of nitrogens with one attached hydrogen (secondary N) is 1. The van der Waals surface area contributed by atoms with Gasteiger partial charge in [0.05, 0.1) is 22.3 Å². The zero-order valence-corrected chi connectivity index (χ0v) is 11.8. The topological polar surface area (TPSA) is 115 Å². The van der Waals surface area contributed by atoms with Crippen LogP contribution in [0, 0.1) is 22.7 Å². The molecule has 3 aromatic rings. The van der Waals surface area contributed by atoms with Crippen molar-refractivity contribution in [3.63, 3.8) is 0 Å². The van der Waals surface area contributed by atoms with E-state index in [4.69, 9.17) is 11.0 Å². The van der Waals surface area contributed by atoms with Crippen molar-refractivity contribution in [1.29, 1.82) is 10.5 Å². The van der Waals surface area contributed by atoms with E-state index in [9.17, 15) is 18.4 Å². The summed E-state index contributed by atoms with van der Waals surface area (Å²) < 4.78 is 39.6. The molecule has 24 heavy (non-hydrogen) atoms. The minimum absolute atomic E-state index is 0.0526. The van der Waals surface area contributed by atoms with Crippen molar-refractivity contribution in [3.8, 4) is 23.4 Å². The summed E-state index contributed by atoms with van der Waals surface area (Å²) in [6.45, 7) is 0. The Morgan fingerprint density at radius 3 is 2.54 bits per heavy atom. The lowest BCUT2D eigenvalue weighted by molar-refractivity contribution is -0.137. The van der Waals surface area contributed by atoms with Crippen molar-refractivity contribution in [2.24, 2.45) is 0 Å². The summed E-state index contributed by atoms with van der Waals surface area (Å²) in [4.78, 5) is 9.84. The molecule has 9 heteroatoms. The number of nitrogens with two attached hydrogens (primary N) is 1. The Kier molecular flexibility index (Phi) is 3.35. The molecule has 0 saturated heterocycles. The maximum absolute atomic E-state index is 13.2. The van der Waals surface area contributed by atoms with Gasteiger partial charge in [0, 0.05) is 23.3 Å². The number of rotatable bonds is 1. The van der Waals surface area contributed by atoms with Crippen LogP contribution in [0.25, 0.3) is 22.2 Å². The van der Waals surface area contributed by atoms with E-state index in [1.54, 1.807) is 0 Å². The Morgan fingerprint density at radius 1 is 1.17 bits per heavy atom. The molecule has 0 fully saturated rings. The lowest BCUT2D eigenvalue weighted by Crippen LogP contribution is -2.10. The number of hydrogen-bond acceptors (Lipinski definition) is 5. The number of aromatic nitrogens is 3. The molecule has 3 N–H and O–H groups in total. The Balaban J connectivity index is 2.36. The van der Waals surface area contributed by atoms with Gasteiger partial charge in [-0.15, -0.1) is 0 Å². The quantitative estimate of drug-likeness (QED) is 0.712. The number of nitrogen functional groups attached to an aromatic ring is 1. The minimum atomic E-state index is -4.67. The first kappa shape index (κ1) is 15.3. The highest BCUT2D eigenvalue weighted by Gasteiger charge is 2.36. The lowest BCUT2D eigenvalue weighted by Gasteiger charge is -2.11. The van der Waals surface area contributed by atoms with Gasteiger partial charge >= 0.3 is 6.18 Å². The first-order chi connectivity index (χ1) is 11.4. The van der Waals surface area contributed by atoms with Crippen molar-refractivity contribution < 1.29 is 13.2 Å². The molecule has 2 aromatic heterocycles. The molecule has 0 aliphatic carbocycles. The van der Waals surface area contributed by atoms with Gasteiger partial charge in [0.25, 0.3) is 0 Å². The monoisotopic (exact) mass is 328 g/mol. The lowest BCUT2D eigenvalue weighted by atomic mass is 10.0. The first-order valence-electron chi connectivity index (χ1n) is 6.51. The Labute approximate surface area is 133 Å². The molecular weight excluding hydrogens is 321 g/mol. The largest absolute Gasteiger partial charge is 0.419 e. The molecule has 118 valence electrons. The van der Waals surface area contributed by atoms with Crippen LogP contribution >= 0.6 is 0 Å². The number of nitriles is 2. The van der Waals surface area contributed by atoms with Crippen LogP contribution in [0.15, 0.2) is 24.5 Å². The van der Waals surface area contributed by atoms with Crippen LogP contribution in [0.4, 0.5) is 19.1 Å². The smallest absolute Gasteiger partial charge is 0.368 e. The van der Waals surface area contributed by atoms with E-state index < -0.39 is 17.4 Å². The molecular formula is C15H7F3N6. The third-order valence-corrected chi connectivity index (χ3v) is 3.46. The Morgan fingerprint density at radius 2 is 1.92 bits per heavy atom. The molecule has 0 aliphatic rings. The SMILES string of the molecule is N#Cc1ccc2c(-c3nc(N)ncc3C(F)(F)F)c[nH]c2c1C#N. The highest BCUT2D eigenvalue weighted by Crippen LogP contribution is 2.39. The molecule has 0 bridgehead atoms. The van der Waals surface area contributed by atoms with Crippen LogP contribution in [-0.4, -0.2) is 15.0 Å². The van der Waals surface area contributed by atoms with Crippen LogP contribution in [0.1, 0.15) is 16.7 Å². The summed E-state index contributed by atoms with van der Waals surface area (Å²) in [6, 6.07) is 6.57. The molecule has 2 heterocycles. The van der Waals surface area contributed by atoms with Gasteiger partial charge in [0.2, 0.25) is 5.95 Å². The number of halogens is 3. The molecule has 6 nitrogen and oxygen atoms in total. The second kappa shape index (κ2) is 5.25. The van der Waals surface area contributed by atoms with Gasteiger partial charge in [0.15, 0.2) is 0 Å². The summed E-state index contributed by atoms with van der Waals surface area (Å²) in [5.41, 5.74) is 4.55. The summed E-state index contributed by atoms with van der Waals surface area (Å²) in [5.74, 6) is -0.304. The summed E-state index contributed by atoms with van der Waals surface area (Å²) in [5, 5.41) is 18.6. The van der Waals surface area contributed by atoms with E-state index >= 15 is 0 Å². The number of H-pyrrole nitrogens is 1. The van der Waals surface area contributed by atoms with Crippen molar-refractivity contribution in [2.75, 3.05) is 5.73 Å². The number of hydrogen-bond donors (Lipinski definition) is 2. The number of nitrogens with zero attached hydrogens (tertiary/aromatic N) is 4. The van der Waals surface area contributed by atoms with Gasteiger partial charge in [-0.25, -0.2) is 9.97 Å². The van der Waals surface area contributed by atoms with E-state index in [-0.39, 0.29) is 28.2 Å². The molecule has 1 aromatic carbocycles. The number of fused-ring (bicyclic) bond motifs is 1. The molecule has 0 amide bonds. The van der Waals surface area contributed by atoms with Crippen LogP contribution in [0.2, 0.25) is 0 Å². The van der Waals surface area contributed by atoms with E-state index in [2.05, 4.69) is 15.0 Å². The third kappa shape index (κ3) is 2.29. The predicted molar refractivity (Wildman–Crippen MR) is 78.2 cm³/mol. The number of benzene rings is 1. The number of alkyl halides is 3. The first-order valence-corrected chi connectivity index (χ1v) is 6.51. The van der Waals surface area contributed by atoms with Gasteiger partial charge < -0.3 is 10.7 Å². The normalized spacial score (nSPS) is 11.2. The zero-order chi connectivity index (χ0) is 17.5. The zero-order valence-electron chi connectivity index (χ0n) is 11.8. The fourth-order valence-electron chi connectivity index (χ4n) is 2.41. The second-order valence-electron chi connectivity index (χ2n) is 4.82. The van der Waals surface area contributed by atoms with Crippen molar-refractivity contribution in [1.82, 2.24) is 15.0 Å². The second-order valence-corrected chi connectivity index (χ2v) is 4.82. The predicted octanol–water partition coefficient (Wildman–Crippen LogP) is 2.97. The van der Waals surface area contributed by atoms with Gasteiger partial charge in [-0.05, 0) is 6.07 Å². The van der Waals surface area contributed by atoms with Gasteiger partial charge in [-0.1, -0.05) is 6.07 Å². The number of anilines is 1. The average molecular weight is 328 g/mol. The van der Waals surface area contributed by atoms with E-state index in [1.165, 1.54) is 18.3 Å². The molecule has 0 atom stereocenters. The van der Waals surface area contributed by atoms with Crippen molar-refractivity contribution >= 4 is 16.9 Å². The minimum Gasteiger partial charge on any atom is -0.368 e. The maximum atomic E-state index is 13.2. The van der Waals surface area contributed by atoms with Gasteiger partial charge in [0.1, 0.15) is 17.7 Å². The number of aromatic amines is 1. The standard InChI is InChI=1S/C15H7F3N6/c16-15(17,18)11-6-23-14(21)24-13(11)10-5-22-12-8(10)2-1-7(3-19)9(12)4-20/h1-2,5-6,22H,(H2,21,23,24). The highest BCUT2D eigenvalue weighted by atomic mass is 19.4. The van der Waals surface area contributed by atoms with Crippen LogP contribution < -0.4 is 5.73 Å². The molecule has 0 saturated carbocycles. The van der Waals surface area contributed by atoms with Crippen molar-refractivity contribution in [2.45, 2.75) is 6.18 Å². The fourth-order valence-corrected chi connectivity index (χ4v) is 2.41. The summed E-state index contributed by atoms with van der Waals surface area (Å²) in [7, 11) is 0. The molecule has 3 rings (SSSR count). The van der Waals surface area contributed by atoms with Crippen LogP contribution in [0.3, 0.4) is 0 Å². The molecule has 0 unspecified atom stereocenters. The molecule has 0 aliphatic heterocycles. The Bertz CT molecular complexity index is 1040.